The molecule has 3 heterocycles. The van der Waals surface area contributed by atoms with E-state index in [0.717, 1.165) is 10.7 Å². The van der Waals surface area contributed by atoms with Crippen LogP contribution >= 0.6 is 11.6 Å². The van der Waals surface area contributed by atoms with E-state index in [9.17, 15) is 14.4 Å². The van der Waals surface area contributed by atoms with Crippen LogP contribution in [0.15, 0.2) is 66.9 Å². The number of amides is 3. The summed E-state index contributed by atoms with van der Waals surface area (Å²) in [5.74, 6) is 0.0312. The van der Waals surface area contributed by atoms with E-state index in [1.165, 1.54) is 6.07 Å². The number of nitrogens with one attached hydrogen (secondary N) is 1. The van der Waals surface area contributed by atoms with E-state index in [2.05, 4.69) is 9.88 Å². The zero-order chi connectivity index (χ0) is 22.2. The number of hydrogen-bond acceptors (Lipinski definition) is 4. The second-order valence-corrected chi connectivity index (χ2v) is 8.15. The van der Waals surface area contributed by atoms with Gasteiger partial charge in [0.1, 0.15) is 13.1 Å². The van der Waals surface area contributed by atoms with E-state index in [0.29, 0.717) is 48.0 Å². The van der Waals surface area contributed by atoms with Crippen LogP contribution in [0.5, 0.6) is 0 Å². The maximum atomic E-state index is 13.1. The van der Waals surface area contributed by atoms with E-state index in [1.54, 1.807) is 41.3 Å². The predicted molar refractivity (Wildman–Crippen MR) is 120 cm³/mol. The van der Waals surface area contributed by atoms with Crippen molar-refractivity contribution in [2.75, 3.05) is 36.0 Å². The topological polar surface area (TPSA) is 75.1 Å². The predicted octanol–water partition coefficient (Wildman–Crippen LogP) is 2.92. The van der Waals surface area contributed by atoms with Crippen LogP contribution in [-0.2, 0) is 0 Å². The fourth-order valence-electron chi connectivity index (χ4n) is 4.11. The van der Waals surface area contributed by atoms with Crippen molar-refractivity contribution in [1.82, 2.24) is 4.90 Å². The van der Waals surface area contributed by atoms with Crippen molar-refractivity contribution in [3.8, 4) is 0 Å². The first-order valence-corrected chi connectivity index (χ1v) is 10.7. The number of fused-ring (bicyclic) bond motifs is 1. The minimum absolute atomic E-state index is 0.144. The number of aromatic amines is 1. The van der Waals surface area contributed by atoms with Gasteiger partial charge in [0, 0.05) is 16.7 Å². The normalized spacial score (nSPS) is 15.8. The number of nitrogens with zero attached hydrogens (tertiary/aromatic N) is 3. The maximum Gasteiger partial charge on any atom is 0.274 e. The summed E-state index contributed by atoms with van der Waals surface area (Å²) in [6.45, 7) is 2.56. The van der Waals surface area contributed by atoms with Crippen LogP contribution in [0.1, 0.15) is 31.1 Å². The lowest BCUT2D eigenvalue weighted by atomic mass is 10.0. The van der Waals surface area contributed by atoms with Crippen LogP contribution in [0.2, 0.25) is 5.02 Å². The Morgan fingerprint density at radius 3 is 2.25 bits per heavy atom. The lowest BCUT2D eigenvalue weighted by molar-refractivity contribution is -0.364. The summed E-state index contributed by atoms with van der Waals surface area (Å²) in [7, 11) is 0. The Bertz CT molecular complexity index is 1210. The van der Waals surface area contributed by atoms with Crippen LogP contribution in [0.4, 0.5) is 11.5 Å². The standard InChI is InChI=1S/C24H19ClN4O3/c25-17-5-7-18(8-6-17)29-23(31)19-9-4-16(15-20(19)24(29)32)22(30)28-13-11-27(12-14-28)21-3-1-2-10-26-21/h1-10,15H,11-14H2/p+1. The van der Waals surface area contributed by atoms with Gasteiger partial charge in [0.15, 0.2) is 0 Å². The number of rotatable bonds is 3. The van der Waals surface area contributed by atoms with Gasteiger partial charge in [-0.25, -0.2) is 9.88 Å². The molecule has 160 valence electrons. The number of carbonyl (C=O) groups excluding carboxylic acids is 3. The highest BCUT2D eigenvalue weighted by molar-refractivity contribution is 6.35. The van der Waals surface area contributed by atoms with Crippen molar-refractivity contribution < 1.29 is 19.4 Å². The van der Waals surface area contributed by atoms with Crippen molar-refractivity contribution >= 4 is 40.8 Å². The molecular weight excluding hydrogens is 428 g/mol. The first kappa shape index (κ1) is 20.2. The second kappa shape index (κ2) is 8.09. The third-order valence-electron chi connectivity index (χ3n) is 5.82. The lowest BCUT2D eigenvalue weighted by Crippen LogP contribution is -2.50. The molecule has 0 bridgehead atoms. The molecule has 32 heavy (non-hydrogen) atoms. The van der Waals surface area contributed by atoms with Crippen LogP contribution in [0.3, 0.4) is 0 Å². The van der Waals surface area contributed by atoms with Crippen LogP contribution in [0.25, 0.3) is 0 Å². The molecule has 0 saturated carbocycles. The number of benzene rings is 2. The summed E-state index contributed by atoms with van der Waals surface area (Å²) in [5, 5.41) is 0.517. The molecule has 5 rings (SSSR count). The molecule has 1 aromatic heterocycles. The fraction of sp³-hybridized carbons (Fsp3) is 0.167. The Balaban J connectivity index is 1.33. The number of piperazine rings is 1. The Labute approximate surface area is 189 Å². The minimum Gasteiger partial charge on any atom is -0.331 e. The molecule has 1 N–H and O–H groups in total. The molecule has 0 atom stereocenters. The van der Waals surface area contributed by atoms with Crippen molar-refractivity contribution in [3.05, 3.63) is 88.6 Å². The zero-order valence-corrected chi connectivity index (χ0v) is 17.9. The quantitative estimate of drug-likeness (QED) is 0.578. The van der Waals surface area contributed by atoms with Crippen molar-refractivity contribution in [1.29, 1.82) is 0 Å². The number of aromatic nitrogens is 1. The first-order chi connectivity index (χ1) is 15.5. The Morgan fingerprint density at radius 1 is 0.844 bits per heavy atom. The number of carbonyl (C=O) groups is 3. The van der Waals surface area contributed by atoms with Gasteiger partial charge in [0.2, 0.25) is 0 Å². The van der Waals surface area contributed by atoms with E-state index < -0.39 is 11.8 Å². The zero-order valence-electron chi connectivity index (χ0n) is 17.1. The highest BCUT2D eigenvalue weighted by Gasteiger charge is 2.37. The highest BCUT2D eigenvalue weighted by atomic mass is 35.5. The monoisotopic (exact) mass is 447 g/mol. The molecule has 2 aliphatic rings. The van der Waals surface area contributed by atoms with Crippen LogP contribution in [-0.4, -0.2) is 48.8 Å². The molecule has 0 radical (unpaired) electrons. The molecule has 8 heteroatoms. The van der Waals surface area contributed by atoms with E-state index in [4.69, 9.17) is 11.6 Å². The van der Waals surface area contributed by atoms with Gasteiger partial charge in [0.25, 0.3) is 23.5 Å². The third kappa shape index (κ3) is 3.50. The highest BCUT2D eigenvalue weighted by Crippen LogP contribution is 2.30. The van der Waals surface area contributed by atoms with Gasteiger partial charge in [-0.2, -0.15) is 0 Å². The third-order valence-corrected chi connectivity index (χ3v) is 6.07. The van der Waals surface area contributed by atoms with E-state index in [-0.39, 0.29) is 11.5 Å². The summed E-state index contributed by atoms with van der Waals surface area (Å²) < 4.78 is 0. The van der Waals surface area contributed by atoms with Gasteiger partial charge in [0.05, 0.1) is 36.1 Å². The largest absolute Gasteiger partial charge is 0.331 e. The average Bonchev–Trinajstić information content (AvgIpc) is 3.09. The van der Waals surface area contributed by atoms with Crippen LogP contribution in [0, 0.1) is 0 Å². The van der Waals surface area contributed by atoms with Gasteiger partial charge in [-0.05, 0) is 48.5 Å². The summed E-state index contributed by atoms with van der Waals surface area (Å²) in [6.07, 6.45) is 1.88. The van der Waals surface area contributed by atoms with Crippen molar-refractivity contribution in [3.63, 3.8) is 0 Å². The molecule has 1 fully saturated rings. The number of hydrogen-bond donors (Lipinski definition) is 0. The Kier molecular flexibility index (Phi) is 5.11. The van der Waals surface area contributed by atoms with Gasteiger partial charge in [-0.15, -0.1) is 0 Å². The minimum atomic E-state index is -0.439. The molecule has 0 spiro atoms. The summed E-state index contributed by atoms with van der Waals surface area (Å²) >= 11 is 5.92. The number of H-pyrrole nitrogens is 1. The molecular formula is C24H20ClN4O3+. The van der Waals surface area contributed by atoms with Gasteiger partial charge >= 0.3 is 0 Å². The van der Waals surface area contributed by atoms with Gasteiger partial charge < -0.3 is 4.90 Å². The molecule has 2 aliphatic heterocycles. The van der Waals surface area contributed by atoms with Gasteiger partial charge in [-0.1, -0.05) is 17.7 Å². The molecule has 7 nitrogen and oxygen atoms in total. The molecule has 0 unspecified atom stereocenters. The maximum absolute atomic E-state index is 13.1. The van der Waals surface area contributed by atoms with E-state index >= 15 is 0 Å². The molecule has 2 aromatic carbocycles. The molecule has 3 aromatic rings. The number of halogens is 1. The molecule has 3 amide bonds. The average molecular weight is 448 g/mol. The lowest BCUT2D eigenvalue weighted by Gasteiger charge is -2.31. The number of pyridine rings is 1. The van der Waals surface area contributed by atoms with Gasteiger partial charge in [-0.3, -0.25) is 19.3 Å². The fourth-order valence-corrected chi connectivity index (χ4v) is 4.24. The Hall–Kier alpha value is -3.71. The van der Waals surface area contributed by atoms with E-state index in [1.807, 2.05) is 24.4 Å². The second-order valence-electron chi connectivity index (χ2n) is 7.71. The smallest absolute Gasteiger partial charge is 0.274 e. The summed E-state index contributed by atoms with van der Waals surface area (Å²) in [5.41, 5.74) is 1.39. The van der Waals surface area contributed by atoms with Crippen molar-refractivity contribution in [2.24, 2.45) is 0 Å². The SMILES string of the molecule is O=C(c1ccc2c(c1)C(=O)N(c1ccc(Cl)cc1)C2=O)N1CCN(c2cccc[nH+]2)CC1. The Morgan fingerprint density at radius 2 is 1.56 bits per heavy atom. The summed E-state index contributed by atoms with van der Waals surface area (Å²) in [4.78, 5) is 47.2. The molecule has 1 saturated heterocycles. The molecule has 0 aliphatic carbocycles. The first-order valence-electron chi connectivity index (χ1n) is 10.3. The number of imide groups is 1. The van der Waals surface area contributed by atoms with Crippen LogP contribution < -0.4 is 14.8 Å². The van der Waals surface area contributed by atoms with Crippen molar-refractivity contribution in [2.45, 2.75) is 0 Å². The number of anilines is 2. The summed E-state index contributed by atoms with van der Waals surface area (Å²) in [6, 6.07) is 17.1.